The van der Waals surface area contributed by atoms with Crippen molar-refractivity contribution in [2.45, 2.75) is 57.4 Å². The zero-order chi connectivity index (χ0) is 21.7. The van der Waals surface area contributed by atoms with Crippen LogP contribution in [0.2, 0.25) is 0 Å². The molecular weight excluding hydrogens is 390 g/mol. The number of nitro benzene ring substituents is 1. The van der Waals surface area contributed by atoms with E-state index < -0.39 is 22.8 Å². The van der Waals surface area contributed by atoms with Gasteiger partial charge >= 0.3 is 5.97 Å². The number of nitrogens with one attached hydrogen (secondary N) is 1. The number of carbonyl (C=O) groups excluding carboxylic acids is 2. The molecule has 0 aromatic heterocycles. The van der Waals surface area contributed by atoms with E-state index in [0.717, 1.165) is 18.9 Å². The van der Waals surface area contributed by atoms with Crippen LogP contribution in [0.5, 0.6) is 0 Å². The maximum Gasteiger partial charge on any atom is 0.303 e. The second-order valence-electron chi connectivity index (χ2n) is 8.30. The summed E-state index contributed by atoms with van der Waals surface area (Å²) in [6.07, 6.45) is 6.43. The van der Waals surface area contributed by atoms with Crippen LogP contribution in [-0.4, -0.2) is 51.8 Å². The lowest BCUT2D eigenvalue weighted by atomic mass is 9.77. The summed E-state index contributed by atoms with van der Waals surface area (Å²) >= 11 is 0. The molecule has 1 aromatic carbocycles. The number of piperidine rings is 1. The van der Waals surface area contributed by atoms with Crippen LogP contribution < -0.4 is 5.32 Å². The van der Waals surface area contributed by atoms with E-state index in [9.17, 15) is 24.5 Å². The highest BCUT2D eigenvalue weighted by molar-refractivity contribution is 5.98. The summed E-state index contributed by atoms with van der Waals surface area (Å²) in [4.78, 5) is 48.8. The quantitative estimate of drug-likeness (QED) is 0.518. The van der Waals surface area contributed by atoms with Crippen LogP contribution in [0.3, 0.4) is 0 Å². The Kier molecular flexibility index (Phi) is 6.69. The Hall–Kier alpha value is -2.97. The summed E-state index contributed by atoms with van der Waals surface area (Å²) in [6.45, 7) is 1.21. The number of nitro groups is 1. The number of carbonyl (C=O) groups is 3. The molecule has 2 N–H and O–H groups in total. The number of aliphatic carboxylic acids is 1. The molecule has 1 saturated carbocycles. The van der Waals surface area contributed by atoms with Gasteiger partial charge in [-0.15, -0.1) is 0 Å². The maximum absolute atomic E-state index is 13.1. The van der Waals surface area contributed by atoms with E-state index in [4.69, 9.17) is 5.11 Å². The van der Waals surface area contributed by atoms with Crippen molar-refractivity contribution in [3.8, 4) is 0 Å². The largest absolute Gasteiger partial charge is 0.481 e. The summed E-state index contributed by atoms with van der Waals surface area (Å²) in [5.74, 6) is -1.98. The molecule has 1 atom stereocenters. The minimum absolute atomic E-state index is 0.0313. The first-order chi connectivity index (χ1) is 14.3. The number of amides is 2. The van der Waals surface area contributed by atoms with Crippen LogP contribution in [0.4, 0.5) is 5.69 Å². The minimum Gasteiger partial charge on any atom is -0.481 e. The average molecular weight is 417 g/mol. The summed E-state index contributed by atoms with van der Waals surface area (Å²) in [5, 5.41) is 22.6. The van der Waals surface area contributed by atoms with Crippen LogP contribution in [0.15, 0.2) is 24.3 Å². The second-order valence-corrected chi connectivity index (χ2v) is 8.30. The van der Waals surface area contributed by atoms with Gasteiger partial charge in [0.25, 0.3) is 11.6 Å². The average Bonchev–Trinajstić information content (AvgIpc) is 3.18. The molecular formula is C21H27N3O6. The highest BCUT2D eigenvalue weighted by Gasteiger charge is 2.39. The summed E-state index contributed by atoms with van der Waals surface area (Å²) in [7, 11) is 0. The Morgan fingerprint density at radius 3 is 2.43 bits per heavy atom. The van der Waals surface area contributed by atoms with E-state index in [-0.39, 0.29) is 30.0 Å². The van der Waals surface area contributed by atoms with Crippen molar-refractivity contribution in [1.29, 1.82) is 0 Å². The van der Waals surface area contributed by atoms with Crippen LogP contribution in [0.1, 0.15) is 61.7 Å². The van der Waals surface area contributed by atoms with E-state index in [0.29, 0.717) is 18.5 Å². The summed E-state index contributed by atoms with van der Waals surface area (Å²) in [6, 6.07) is 4.25. The molecule has 162 valence electrons. The predicted molar refractivity (Wildman–Crippen MR) is 108 cm³/mol. The van der Waals surface area contributed by atoms with E-state index in [1.165, 1.54) is 43.9 Å². The first kappa shape index (κ1) is 21.7. The number of likely N-dealkylation sites (tertiary alicyclic amines) is 1. The number of hydrogen-bond donors (Lipinski definition) is 2. The van der Waals surface area contributed by atoms with Gasteiger partial charge < -0.3 is 15.3 Å². The Labute approximate surface area is 174 Å². The molecule has 2 aliphatic rings. The van der Waals surface area contributed by atoms with Crippen LogP contribution in [0.25, 0.3) is 0 Å². The SMILES string of the molecule is O=C(O)CC[C@@H](NC(=O)c1cccc([N+](=O)[O-])c1)C(=O)N1CCC2(CCCC2)CC1. The lowest BCUT2D eigenvalue weighted by Gasteiger charge is -2.40. The van der Waals surface area contributed by atoms with Gasteiger partial charge in [0.05, 0.1) is 4.92 Å². The number of non-ortho nitro benzene ring substituents is 1. The molecule has 1 saturated heterocycles. The second kappa shape index (κ2) is 9.23. The molecule has 0 unspecified atom stereocenters. The van der Waals surface area contributed by atoms with Crippen LogP contribution in [0, 0.1) is 15.5 Å². The van der Waals surface area contributed by atoms with Gasteiger partial charge in [0.15, 0.2) is 0 Å². The maximum atomic E-state index is 13.1. The van der Waals surface area contributed by atoms with Gasteiger partial charge in [-0.2, -0.15) is 0 Å². The van der Waals surface area contributed by atoms with Crippen LogP contribution >= 0.6 is 0 Å². The number of rotatable bonds is 7. The van der Waals surface area contributed by atoms with Gasteiger partial charge in [-0.05, 0) is 43.6 Å². The monoisotopic (exact) mass is 417 g/mol. The highest BCUT2D eigenvalue weighted by Crippen LogP contribution is 2.46. The fourth-order valence-electron chi connectivity index (χ4n) is 4.57. The zero-order valence-electron chi connectivity index (χ0n) is 16.8. The first-order valence-electron chi connectivity index (χ1n) is 10.4. The molecule has 9 nitrogen and oxygen atoms in total. The minimum atomic E-state index is -1.05. The topological polar surface area (TPSA) is 130 Å². The van der Waals surface area contributed by atoms with Crippen molar-refractivity contribution in [2.24, 2.45) is 5.41 Å². The normalized spacial score (nSPS) is 18.7. The smallest absolute Gasteiger partial charge is 0.303 e. The molecule has 2 fully saturated rings. The number of carboxylic acid groups (broad SMARTS) is 1. The molecule has 1 aliphatic carbocycles. The van der Waals surface area contributed by atoms with E-state index in [2.05, 4.69) is 5.32 Å². The van der Waals surface area contributed by atoms with Crippen molar-refractivity contribution < 1.29 is 24.4 Å². The lowest BCUT2D eigenvalue weighted by molar-refractivity contribution is -0.384. The van der Waals surface area contributed by atoms with Crippen molar-refractivity contribution in [3.05, 3.63) is 39.9 Å². The molecule has 0 radical (unpaired) electrons. The van der Waals surface area contributed by atoms with E-state index in [1.807, 2.05) is 0 Å². The van der Waals surface area contributed by atoms with Gasteiger partial charge in [-0.1, -0.05) is 18.9 Å². The van der Waals surface area contributed by atoms with Gasteiger partial charge in [-0.3, -0.25) is 24.5 Å². The van der Waals surface area contributed by atoms with Crippen molar-refractivity contribution in [3.63, 3.8) is 0 Å². The first-order valence-corrected chi connectivity index (χ1v) is 10.4. The molecule has 1 aliphatic heterocycles. The molecule has 1 spiro atoms. The number of carboxylic acids is 1. The highest BCUT2D eigenvalue weighted by atomic mass is 16.6. The number of hydrogen-bond acceptors (Lipinski definition) is 5. The van der Waals surface area contributed by atoms with E-state index >= 15 is 0 Å². The van der Waals surface area contributed by atoms with Crippen LogP contribution in [-0.2, 0) is 9.59 Å². The summed E-state index contributed by atoms with van der Waals surface area (Å²) in [5.41, 5.74) is 0.161. The molecule has 1 heterocycles. The predicted octanol–water partition coefficient (Wildman–Crippen LogP) is 2.74. The van der Waals surface area contributed by atoms with Gasteiger partial charge in [-0.25, -0.2) is 0 Å². The van der Waals surface area contributed by atoms with Gasteiger partial charge in [0, 0.05) is 37.2 Å². The molecule has 30 heavy (non-hydrogen) atoms. The summed E-state index contributed by atoms with van der Waals surface area (Å²) < 4.78 is 0. The zero-order valence-corrected chi connectivity index (χ0v) is 16.8. The third kappa shape index (κ3) is 5.14. The van der Waals surface area contributed by atoms with Crippen molar-refractivity contribution in [2.75, 3.05) is 13.1 Å². The third-order valence-electron chi connectivity index (χ3n) is 6.37. The molecule has 9 heteroatoms. The van der Waals surface area contributed by atoms with Gasteiger partial charge in [0.1, 0.15) is 6.04 Å². The Morgan fingerprint density at radius 1 is 1.17 bits per heavy atom. The molecule has 1 aromatic rings. The number of nitrogens with zero attached hydrogens (tertiary/aromatic N) is 2. The van der Waals surface area contributed by atoms with Crippen molar-refractivity contribution >= 4 is 23.5 Å². The van der Waals surface area contributed by atoms with Crippen molar-refractivity contribution in [1.82, 2.24) is 10.2 Å². The van der Waals surface area contributed by atoms with Gasteiger partial charge in [0.2, 0.25) is 5.91 Å². The third-order valence-corrected chi connectivity index (χ3v) is 6.37. The Morgan fingerprint density at radius 2 is 1.83 bits per heavy atom. The molecule has 2 amide bonds. The Bertz CT molecular complexity index is 824. The number of benzene rings is 1. The molecule has 0 bridgehead atoms. The van der Waals surface area contributed by atoms with E-state index in [1.54, 1.807) is 4.90 Å². The lowest BCUT2D eigenvalue weighted by Crippen LogP contribution is -2.52. The Balaban J connectivity index is 1.68. The molecule has 3 rings (SSSR count). The fourth-order valence-corrected chi connectivity index (χ4v) is 4.57. The fraction of sp³-hybridized carbons (Fsp3) is 0.571. The standard InChI is InChI=1S/C21H27N3O6/c25-18(26)7-6-17(22-19(27)15-4-3-5-16(14-15)24(29)30)20(28)23-12-10-21(11-13-23)8-1-2-9-21/h3-5,14,17H,1-2,6-13H2,(H,22,27)(H,25,26)/t17-/m1/s1.